The summed E-state index contributed by atoms with van der Waals surface area (Å²) in [4.78, 5) is 5.94. The van der Waals surface area contributed by atoms with Crippen LogP contribution in [0.25, 0.3) is 0 Å². The molecule has 0 radical (unpaired) electrons. The van der Waals surface area contributed by atoms with Crippen LogP contribution >= 0.6 is 0 Å². The van der Waals surface area contributed by atoms with E-state index in [1.54, 1.807) is 18.7 Å². The van der Waals surface area contributed by atoms with Crippen LogP contribution in [0.4, 0.5) is 24.8 Å². The number of nitrogens with zero attached hydrogens (tertiary/aromatic N) is 2. The first-order valence-corrected chi connectivity index (χ1v) is 7.02. The first-order valence-electron chi connectivity index (χ1n) is 7.02. The average molecular weight is 303 g/mol. The smallest absolute Gasteiger partial charge is 0.388 e. The highest BCUT2D eigenvalue weighted by Crippen LogP contribution is 2.34. The number of aliphatic hydroxyl groups is 1. The summed E-state index contributed by atoms with van der Waals surface area (Å²) in [6, 6.07) is 2.05. The molecule has 1 aromatic heterocycles. The van der Waals surface area contributed by atoms with Crippen LogP contribution in [0.5, 0.6) is 0 Å². The van der Waals surface area contributed by atoms with Gasteiger partial charge in [0.1, 0.15) is 11.6 Å². The summed E-state index contributed by atoms with van der Waals surface area (Å²) in [6.45, 7) is 4.86. The summed E-state index contributed by atoms with van der Waals surface area (Å²) in [5, 5.41) is 12.9. The monoisotopic (exact) mass is 303 g/mol. The van der Waals surface area contributed by atoms with Gasteiger partial charge >= 0.3 is 6.18 Å². The number of nitrogens with one attached hydrogen (secondary N) is 1. The topological polar surface area (TPSA) is 48.4 Å². The summed E-state index contributed by atoms with van der Waals surface area (Å²) in [5.41, 5.74) is -1.62. The molecule has 21 heavy (non-hydrogen) atoms. The van der Waals surface area contributed by atoms with Crippen LogP contribution in [0.2, 0.25) is 0 Å². The third kappa shape index (κ3) is 4.00. The highest BCUT2D eigenvalue weighted by Gasteiger charge is 2.34. The van der Waals surface area contributed by atoms with Gasteiger partial charge in [0.25, 0.3) is 0 Å². The molecular weight excluding hydrogens is 283 g/mol. The molecule has 2 N–H and O–H groups in total. The molecule has 1 atom stereocenters. The molecule has 2 heterocycles. The fraction of sp³-hybridized carbons (Fsp3) is 0.643. The molecule has 7 heteroatoms. The summed E-state index contributed by atoms with van der Waals surface area (Å²) in [6.07, 6.45) is -3.05. The molecule has 0 amide bonds. The minimum absolute atomic E-state index is 0.201. The molecule has 1 aliphatic heterocycles. The van der Waals surface area contributed by atoms with E-state index in [9.17, 15) is 18.3 Å². The lowest BCUT2D eigenvalue weighted by Gasteiger charge is -2.37. The maximum absolute atomic E-state index is 13.0. The van der Waals surface area contributed by atoms with Crippen molar-refractivity contribution in [1.29, 1.82) is 0 Å². The maximum Gasteiger partial charge on any atom is 0.416 e. The molecule has 118 valence electrons. The molecule has 0 aliphatic carbocycles. The zero-order chi connectivity index (χ0) is 15.7. The standard InChI is InChI=1S/C14H20F3N3O/c1-3-18-11-7-10(14(15,16)17)8-12(19-11)20-6-4-5-13(2,21)9-20/h7-8,21H,3-6,9H2,1-2H3,(H,18,19). The Morgan fingerprint density at radius 1 is 1.43 bits per heavy atom. The molecular formula is C14H20F3N3O. The SMILES string of the molecule is CCNc1cc(C(F)(F)F)cc(N2CCCC(C)(O)C2)n1. The predicted molar refractivity (Wildman–Crippen MR) is 75.5 cm³/mol. The van der Waals surface area contributed by atoms with E-state index in [0.717, 1.165) is 18.6 Å². The molecule has 1 saturated heterocycles. The van der Waals surface area contributed by atoms with Gasteiger partial charge in [-0.25, -0.2) is 4.98 Å². The van der Waals surface area contributed by atoms with Crippen molar-refractivity contribution in [2.75, 3.05) is 29.9 Å². The Hall–Kier alpha value is -1.50. The van der Waals surface area contributed by atoms with E-state index in [-0.39, 0.29) is 18.2 Å². The second-order valence-corrected chi connectivity index (χ2v) is 5.65. The molecule has 0 saturated carbocycles. The Balaban J connectivity index is 2.35. The lowest BCUT2D eigenvalue weighted by atomic mass is 9.95. The lowest BCUT2D eigenvalue weighted by Crippen LogP contribution is -2.46. The fourth-order valence-corrected chi connectivity index (χ4v) is 2.53. The Kier molecular flexibility index (Phi) is 4.32. The molecule has 0 bridgehead atoms. The van der Waals surface area contributed by atoms with E-state index in [4.69, 9.17) is 0 Å². The highest BCUT2D eigenvalue weighted by molar-refractivity contribution is 5.51. The van der Waals surface area contributed by atoms with Crippen molar-refractivity contribution in [2.45, 2.75) is 38.5 Å². The number of piperidine rings is 1. The number of halogens is 3. The Bertz CT molecular complexity index is 503. The van der Waals surface area contributed by atoms with Crippen LogP contribution in [0.1, 0.15) is 32.3 Å². The van der Waals surface area contributed by atoms with Gasteiger partial charge in [0, 0.05) is 19.6 Å². The minimum Gasteiger partial charge on any atom is -0.388 e. The van der Waals surface area contributed by atoms with Gasteiger partial charge in [-0.15, -0.1) is 0 Å². The summed E-state index contributed by atoms with van der Waals surface area (Å²) in [7, 11) is 0. The van der Waals surface area contributed by atoms with Crippen LogP contribution in [-0.4, -0.2) is 35.3 Å². The molecule has 4 nitrogen and oxygen atoms in total. The van der Waals surface area contributed by atoms with E-state index >= 15 is 0 Å². The van der Waals surface area contributed by atoms with Gasteiger partial charge in [0.2, 0.25) is 0 Å². The second kappa shape index (κ2) is 5.71. The lowest BCUT2D eigenvalue weighted by molar-refractivity contribution is -0.137. The quantitative estimate of drug-likeness (QED) is 0.901. The second-order valence-electron chi connectivity index (χ2n) is 5.65. The maximum atomic E-state index is 13.0. The van der Waals surface area contributed by atoms with Crippen LogP contribution < -0.4 is 10.2 Å². The molecule has 1 fully saturated rings. The number of rotatable bonds is 3. The van der Waals surface area contributed by atoms with E-state index in [1.807, 2.05) is 0 Å². The first-order chi connectivity index (χ1) is 9.71. The van der Waals surface area contributed by atoms with Gasteiger partial charge in [-0.3, -0.25) is 0 Å². The van der Waals surface area contributed by atoms with Crippen molar-refractivity contribution in [1.82, 2.24) is 4.98 Å². The van der Waals surface area contributed by atoms with Gasteiger partial charge in [0.05, 0.1) is 11.2 Å². The normalized spacial score (nSPS) is 23.2. The summed E-state index contributed by atoms with van der Waals surface area (Å²) >= 11 is 0. The van der Waals surface area contributed by atoms with Crippen LogP contribution in [-0.2, 0) is 6.18 Å². The van der Waals surface area contributed by atoms with Crippen molar-refractivity contribution in [2.24, 2.45) is 0 Å². The average Bonchev–Trinajstić information content (AvgIpc) is 2.36. The molecule has 1 aromatic rings. The zero-order valence-electron chi connectivity index (χ0n) is 12.2. The van der Waals surface area contributed by atoms with Crippen molar-refractivity contribution < 1.29 is 18.3 Å². The highest BCUT2D eigenvalue weighted by atomic mass is 19.4. The van der Waals surface area contributed by atoms with Gasteiger partial charge in [-0.05, 0) is 38.8 Å². The van der Waals surface area contributed by atoms with E-state index in [1.165, 1.54) is 0 Å². The van der Waals surface area contributed by atoms with Crippen LogP contribution in [0, 0.1) is 0 Å². The van der Waals surface area contributed by atoms with Crippen molar-refractivity contribution in [3.05, 3.63) is 17.7 Å². The molecule has 1 unspecified atom stereocenters. The van der Waals surface area contributed by atoms with Crippen molar-refractivity contribution in [3.8, 4) is 0 Å². The van der Waals surface area contributed by atoms with Crippen LogP contribution in [0.15, 0.2) is 12.1 Å². The minimum atomic E-state index is -4.42. The molecule has 2 rings (SSSR count). The van der Waals surface area contributed by atoms with Gasteiger partial charge in [-0.1, -0.05) is 0 Å². The van der Waals surface area contributed by atoms with Gasteiger partial charge in [0.15, 0.2) is 0 Å². The third-order valence-electron chi connectivity index (χ3n) is 3.50. The van der Waals surface area contributed by atoms with E-state index < -0.39 is 17.3 Å². The van der Waals surface area contributed by atoms with Gasteiger partial charge in [-0.2, -0.15) is 13.2 Å². The van der Waals surface area contributed by atoms with Crippen molar-refractivity contribution in [3.63, 3.8) is 0 Å². The van der Waals surface area contributed by atoms with Crippen molar-refractivity contribution >= 4 is 11.6 Å². The van der Waals surface area contributed by atoms with Gasteiger partial charge < -0.3 is 15.3 Å². The zero-order valence-corrected chi connectivity index (χ0v) is 12.2. The van der Waals surface area contributed by atoms with E-state index in [2.05, 4.69) is 10.3 Å². The van der Waals surface area contributed by atoms with E-state index in [0.29, 0.717) is 19.5 Å². The molecule has 1 aliphatic rings. The Morgan fingerprint density at radius 2 is 2.14 bits per heavy atom. The predicted octanol–water partition coefficient (Wildman–Crippen LogP) is 2.88. The number of pyridine rings is 1. The summed E-state index contributed by atoms with van der Waals surface area (Å²) in [5.74, 6) is 0.452. The number of alkyl halides is 3. The number of hydrogen-bond acceptors (Lipinski definition) is 4. The first kappa shape index (κ1) is 15.9. The number of anilines is 2. The number of β-amino-alcohol motifs (C(OH)–C–C–N with tert-alkyl or cyclic N) is 1. The Labute approximate surface area is 122 Å². The molecule has 0 spiro atoms. The number of hydrogen-bond donors (Lipinski definition) is 2. The number of aromatic nitrogens is 1. The molecule has 0 aromatic carbocycles. The summed E-state index contributed by atoms with van der Waals surface area (Å²) < 4.78 is 39.0. The third-order valence-corrected chi connectivity index (χ3v) is 3.50. The Morgan fingerprint density at radius 3 is 2.71 bits per heavy atom. The fourth-order valence-electron chi connectivity index (χ4n) is 2.53. The van der Waals surface area contributed by atoms with Crippen LogP contribution in [0.3, 0.4) is 0 Å². The largest absolute Gasteiger partial charge is 0.416 e.